The van der Waals surface area contributed by atoms with Crippen LogP contribution < -0.4 is 0 Å². The number of carbonyl (C=O) groups excluding carboxylic acids is 2. The van der Waals surface area contributed by atoms with Crippen LogP contribution >= 0.6 is 0 Å². The summed E-state index contributed by atoms with van der Waals surface area (Å²) in [7, 11) is 1.85. The first-order chi connectivity index (χ1) is 17.2. The molecule has 1 fully saturated rings. The average molecular weight is 489 g/mol. The monoisotopic (exact) mass is 488 g/mol. The van der Waals surface area contributed by atoms with E-state index in [9.17, 15) is 9.59 Å². The van der Waals surface area contributed by atoms with E-state index in [0.29, 0.717) is 26.1 Å². The predicted molar refractivity (Wildman–Crippen MR) is 141 cm³/mol. The molecule has 2 aromatic carbocycles. The van der Waals surface area contributed by atoms with E-state index in [1.807, 2.05) is 99.4 Å². The minimum Gasteiger partial charge on any atom is -0.444 e. The molecule has 0 aliphatic carbocycles. The van der Waals surface area contributed by atoms with Crippen LogP contribution in [0.15, 0.2) is 66.9 Å². The number of rotatable bonds is 6. The van der Waals surface area contributed by atoms with Crippen molar-refractivity contribution >= 4 is 12.0 Å². The van der Waals surface area contributed by atoms with E-state index in [1.165, 1.54) is 0 Å². The number of amides is 2. The second-order valence-corrected chi connectivity index (χ2v) is 10.5. The number of hydrogen-bond acceptors (Lipinski definition) is 4. The van der Waals surface area contributed by atoms with Crippen molar-refractivity contribution in [2.75, 3.05) is 20.1 Å². The van der Waals surface area contributed by atoms with Crippen molar-refractivity contribution in [3.05, 3.63) is 72.4 Å². The Labute approximate surface area is 213 Å². The third-order valence-electron chi connectivity index (χ3n) is 6.42. The minimum atomic E-state index is -0.500. The maximum Gasteiger partial charge on any atom is 0.410 e. The lowest BCUT2D eigenvalue weighted by atomic mass is 9.93. The van der Waals surface area contributed by atoms with Gasteiger partial charge in [0.25, 0.3) is 0 Å². The van der Waals surface area contributed by atoms with Gasteiger partial charge in [-0.15, -0.1) is 0 Å². The lowest BCUT2D eigenvalue weighted by Crippen LogP contribution is -2.42. The number of nitrogens with zero attached hydrogens (tertiary/aromatic N) is 4. The molecule has 3 aromatic rings. The first kappa shape index (κ1) is 25.5. The highest BCUT2D eigenvalue weighted by Gasteiger charge is 2.28. The quantitative estimate of drug-likeness (QED) is 0.457. The third kappa shape index (κ3) is 6.53. The van der Waals surface area contributed by atoms with Crippen LogP contribution in [0.5, 0.6) is 0 Å². The van der Waals surface area contributed by atoms with Crippen LogP contribution in [-0.4, -0.2) is 57.3 Å². The van der Waals surface area contributed by atoms with Crippen LogP contribution in [0, 0.1) is 5.92 Å². The fourth-order valence-electron chi connectivity index (χ4n) is 4.47. The number of hydrogen-bond donors (Lipinski definition) is 0. The van der Waals surface area contributed by atoms with Crippen molar-refractivity contribution in [1.82, 2.24) is 19.6 Å². The molecular weight excluding hydrogens is 452 g/mol. The lowest BCUT2D eigenvalue weighted by Gasteiger charge is -2.33. The smallest absolute Gasteiger partial charge is 0.410 e. The lowest BCUT2D eigenvalue weighted by molar-refractivity contribution is -0.131. The van der Waals surface area contributed by atoms with Gasteiger partial charge in [0.2, 0.25) is 5.91 Å². The molecule has 1 saturated heterocycles. The molecule has 0 saturated carbocycles. The summed E-state index contributed by atoms with van der Waals surface area (Å²) in [5.41, 5.74) is 3.38. The second-order valence-electron chi connectivity index (χ2n) is 10.5. The molecule has 0 atom stereocenters. The zero-order chi connectivity index (χ0) is 25.7. The van der Waals surface area contributed by atoms with Gasteiger partial charge in [-0.3, -0.25) is 4.79 Å². The summed E-state index contributed by atoms with van der Waals surface area (Å²) >= 11 is 0. The van der Waals surface area contributed by atoms with Crippen LogP contribution in [0.3, 0.4) is 0 Å². The predicted octanol–water partition coefficient (Wildman–Crippen LogP) is 5.53. The van der Waals surface area contributed by atoms with Crippen LogP contribution in [0.1, 0.15) is 45.6 Å². The highest BCUT2D eigenvalue weighted by molar-refractivity contribution is 5.76. The first-order valence-corrected chi connectivity index (χ1v) is 12.6. The fraction of sp³-hybridized carbons (Fsp3) is 0.414. The van der Waals surface area contributed by atoms with Gasteiger partial charge >= 0.3 is 6.09 Å². The number of piperidine rings is 1. The maximum absolute atomic E-state index is 13.1. The maximum atomic E-state index is 13.1. The summed E-state index contributed by atoms with van der Waals surface area (Å²) in [6, 6.07) is 20.1. The van der Waals surface area contributed by atoms with Crippen molar-refractivity contribution in [2.45, 2.75) is 52.2 Å². The topological polar surface area (TPSA) is 67.7 Å². The molecular formula is C29H36N4O3. The van der Waals surface area contributed by atoms with Crippen LogP contribution in [0.2, 0.25) is 0 Å². The Kier molecular flexibility index (Phi) is 7.77. The molecule has 7 heteroatoms. The van der Waals surface area contributed by atoms with Gasteiger partial charge in [0.15, 0.2) is 0 Å². The zero-order valence-electron chi connectivity index (χ0n) is 21.7. The Morgan fingerprint density at radius 2 is 1.61 bits per heavy atom. The molecule has 1 aliphatic heterocycles. The summed E-state index contributed by atoms with van der Waals surface area (Å²) in [6.07, 6.45) is 3.83. The molecule has 190 valence electrons. The van der Waals surface area contributed by atoms with Crippen molar-refractivity contribution in [3.8, 4) is 16.9 Å². The van der Waals surface area contributed by atoms with E-state index < -0.39 is 5.60 Å². The Hall–Kier alpha value is -3.61. The Balaban J connectivity index is 1.40. The van der Waals surface area contributed by atoms with Crippen molar-refractivity contribution in [2.24, 2.45) is 5.92 Å². The van der Waals surface area contributed by atoms with Gasteiger partial charge in [0, 0.05) is 50.4 Å². The molecule has 2 heterocycles. The number of benzene rings is 2. The molecule has 0 bridgehead atoms. The minimum absolute atomic E-state index is 0.109. The molecule has 4 rings (SSSR count). The van der Waals surface area contributed by atoms with E-state index in [2.05, 4.69) is 0 Å². The molecule has 0 spiro atoms. The molecule has 0 N–H and O–H groups in total. The third-order valence-corrected chi connectivity index (χ3v) is 6.42. The molecule has 1 aliphatic rings. The normalized spacial score (nSPS) is 14.5. The van der Waals surface area contributed by atoms with Gasteiger partial charge in [-0.05, 0) is 51.7 Å². The van der Waals surface area contributed by atoms with Gasteiger partial charge in [-0.25, -0.2) is 9.48 Å². The highest BCUT2D eigenvalue weighted by atomic mass is 16.6. The fourth-order valence-corrected chi connectivity index (χ4v) is 4.47. The van der Waals surface area contributed by atoms with Gasteiger partial charge in [0.1, 0.15) is 5.60 Å². The van der Waals surface area contributed by atoms with Gasteiger partial charge in [-0.2, -0.15) is 5.10 Å². The number of likely N-dealkylation sites (tertiary alicyclic amines) is 1. The second kappa shape index (κ2) is 11.0. The zero-order valence-corrected chi connectivity index (χ0v) is 21.7. The molecule has 7 nitrogen and oxygen atoms in total. The Morgan fingerprint density at radius 3 is 2.22 bits per heavy atom. The average Bonchev–Trinajstić information content (AvgIpc) is 3.28. The van der Waals surface area contributed by atoms with Crippen LogP contribution in [0.4, 0.5) is 4.79 Å². The summed E-state index contributed by atoms with van der Waals surface area (Å²) in [5.74, 6) is 0.372. The first-order valence-electron chi connectivity index (χ1n) is 12.6. The summed E-state index contributed by atoms with van der Waals surface area (Å²) in [5, 5.41) is 4.86. The molecule has 36 heavy (non-hydrogen) atoms. The molecule has 0 unspecified atom stereocenters. The van der Waals surface area contributed by atoms with Crippen LogP contribution in [-0.2, 0) is 16.1 Å². The molecule has 2 amide bonds. The summed E-state index contributed by atoms with van der Waals surface area (Å²) in [4.78, 5) is 29.0. The van der Waals surface area contributed by atoms with Crippen LogP contribution in [0.25, 0.3) is 16.9 Å². The number of carbonyl (C=O) groups is 2. The molecule has 0 radical (unpaired) electrons. The Morgan fingerprint density at radius 1 is 1.00 bits per heavy atom. The van der Waals surface area contributed by atoms with Crippen molar-refractivity contribution in [1.29, 1.82) is 0 Å². The van der Waals surface area contributed by atoms with Crippen molar-refractivity contribution < 1.29 is 14.3 Å². The summed E-state index contributed by atoms with van der Waals surface area (Å²) < 4.78 is 7.36. The largest absolute Gasteiger partial charge is 0.444 e. The van der Waals surface area contributed by atoms with Gasteiger partial charge < -0.3 is 14.5 Å². The number of ether oxygens (including phenoxy) is 1. The standard InChI is InChI=1S/C29H36N4O3/c1-29(2,3)36-28(35)32-17-15-22(16-18-32)19-26(34)31(4)20-24-21-33(25-13-9-6-10-14-25)30-27(24)23-11-7-5-8-12-23/h5-14,21-22H,15-20H2,1-4H3. The van der Waals surface area contributed by atoms with E-state index in [4.69, 9.17) is 9.84 Å². The van der Waals surface area contributed by atoms with E-state index in [0.717, 1.165) is 35.3 Å². The van der Waals surface area contributed by atoms with Crippen molar-refractivity contribution in [3.63, 3.8) is 0 Å². The van der Waals surface area contributed by atoms with E-state index >= 15 is 0 Å². The van der Waals surface area contributed by atoms with Gasteiger partial charge in [-0.1, -0.05) is 48.5 Å². The van der Waals surface area contributed by atoms with E-state index in [-0.39, 0.29) is 17.9 Å². The van der Waals surface area contributed by atoms with Gasteiger partial charge in [0.05, 0.1) is 11.4 Å². The molecule has 1 aromatic heterocycles. The number of aromatic nitrogens is 2. The Bertz CT molecular complexity index is 1160. The van der Waals surface area contributed by atoms with E-state index in [1.54, 1.807) is 9.80 Å². The number of para-hydroxylation sites is 1. The SMILES string of the molecule is CN(Cc1cn(-c2ccccc2)nc1-c1ccccc1)C(=O)CC1CCN(C(=O)OC(C)(C)C)CC1. The highest BCUT2D eigenvalue weighted by Crippen LogP contribution is 2.26. The summed E-state index contributed by atoms with van der Waals surface area (Å²) in [6.45, 7) is 7.35.